The maximum atomic E-state index is 12.0. The summed E-state index contributed by atoms with van der Waals surface area (Å²) in [7, 11) is 0. The average Bonchev–Trinajstić information content (AvgIpc) is 2.89. The van der Waals surface area contributed by atoms with Crippen molar-refractivity contribution in [3.8, 4) is 0 Å². The van der Waals surface area contributed by atoms with Crippen molar-refractivity contribution in [1.29, 1.82) is 0 Å². The molecule has 0 saturated carbocycles. The Morgan fingerprint density at radius 2 is 2.59 bits per heavy atom. The van der Waals surface area contributed by atoms with Gasteiger partial charge in [0.2, 0.25) is 5.91 Å². The van der Waals surface area contributed by atoms with Gasteiger partial charge in [0.05, 0.1) is 23.2 Å². The van der Waals surface area contributed by atoms with Gasteiger partial charge in [-0.15, -0.1) is 11.8 Å². The molecule has 0 aliphatic carbocycles. The van der Waals surface area contributed by atoms with Crippen LogP contribution in [0.5, 0.6) is 0 Å². The summed E-state index contributed by atoms with van der Waals surface area (Å²) >= 11 is 1.75. The molecule has 94 valence electrons. The maximum absolute atomic E-state index is 12.0. The van der Waals surface area contributed by atoms with E-state index in [9.17, 15) is 4.79 Å². The van der Waals surface area contributed by atoms with Crippen LogP contribution in [0.15, 0.2) is 12.4 Å². The van der Waals surface area contributed by atoms with Crippen molar-refractivity contribution in [2.75, 3.05) is 18.0 Å². The van der Waals surface area contributed by atoms with Crippen molar-refractivity contribution in [2.24, 2.45) is 0 Å². The highest BCUT2D eigenvalue weighted by molar-refractivity contribution is 8.01. The second-order valence-electron chi connectivity index (χ2n) is 4.48. The van der Waals surface area contributed by atoms with Crippen molar-refractivity contribution < 1.29 is 4.79 Å². The quantitative estimate of drug-likeness (QED) is 0.836. The maximum Gasteiger partial charge on any atom is 0.236 e. The summed E-state index contributed by atoms with van der Waals surface area (Å²) in [5.74, 6) is 1.22. The van der Waals surface area contributed by atoms with Gasteiger partial charge in [0.1, 0.15) is 0 Å². The van der Waals surface area contributed by atoms with Gasteiger partial charge >= 0.3 is 0 Å². The number of nitrogen functional groups attached to an aromatic ring is 1. The molecule has 1 unspecified atom stereocenters. The molecule has 0 radical (unpaired) electrons. The molecule has 1 saturated heterocycles. The van der Waals surface area contributed by atoms with E-state index in [1.807, 2.05) is 6.92 Å². The molecule has 2 heterocycles. The van der Waals surface area contributed by atoms with Crippen LogP contribution in [0.1, 0.15) is 19.8 Å². The predicted octanol–water partition coefficient (Wildman–Crippen LogP) is 0.867. The zero-order valence-electron chi connectivity index (χ0n) is 9.98. The van der Waals surface area contributed by atoms with Crippen LogP contribution in [0.2, 0.25) is 0 Å². The van der Waals surface area contributed by atoms with Crippen LogP contribution in [0.25, 0.3) is 0 Å². The smallest absolute Gasteiger partial charge is 0.236 e. The van der Waals surface area contributed by atoms with Gasteiger partial charge in [-0.1, -0.05) is 0 Å². The number of nitrogens with one attached hydrogen (secondary N) is 1. The second-order valence-corrected chi connectivity index (χ2v) is 6.07. The Morgan fingerprint density at radius 1 is 1.76 bits per heavy atom. The third kappa shape index (κ3) is 2.94. The lowest BCUT2D eigenvalue weighted by molar-refractivity contribution is -0.123. The molecule has 1 fully saturated rings. The largest absolute Gasteiger partial charge is 0.396 e. The lowest BCUT2D eigenvalue weighted by Gasteiger charge is -2.21. The molecule has 17 heavy (non-hydrogen) atoms. The van der Waals surface area contributed by atoms with E-state index in [2.05, 4.69) is 10.4 Å². The fraction of sp³-hybridized carbons (Fsp3) is 0.636. The summed E-state index contributed by atoms with van der Waals surface area (Å²) in [4.78, 5) is 12.0. The molecule has 5 nitrogen and oxygen atoms in total. The molecule has 1 aromatic heterocycles. The fourth-order valence-electron chi connectivity index (χ4n) is 1.93. The normalized spacial score (nSPS) is 23.8. The van der Waals surface area contributed by atoms with Crippen LogP contribution in [0.3, 0.4) is 0 Å². The zero-order chi connectivity index (χ0) is 12.3. The molecule has 0 aromatic carbocycles. The third-order valence-corrected chi connectivity index (χ3v) is 4.50. The van der Waals surface area contributed by atoms with Gasteiger partial charge < -0.3 is 11.1 Å². The Balaban J connectivity index is 1.77. The van der Waals surface area contributed by atoms with Gasteiger partial charge in [0.25, 0.3) is 0 Å². The number of hydrogen-bond acceptors (Lipinski definition) is 4. The molecule has 1 aliphatic heterocycles. The first-order valence-corrected chi connectivity index (χ1v) is 6.79. The Bertz CT molecular complexity index is 398. The Kier molecular flexibility index (Phi) is 3.61. The highest BCUT2D eigenvalue weighted by Crippen LogP contribution is 2.37. The van der Waals surface area contributed by atoms with Gasteiger partial charge in [-0.25, -0.2) is 0 Å². The standard InChI is InChI=1S/C11H18N4OS/c1-11(3-2-6-17-11)10(16)13-4-5-15-8-9(12)7-14-15/h7-8H,2-6,12H2,1H3,(H,13,16). The Hall–Kier alpha value is -1.17. The van der Waals surface area contributed by atoms with Crippen LogP contribution in [-0.2, 0) is 11.3 Å². The summed E-state index contributed by atoms with van der Waals surface area (Å²) in [5.41, 5.74) is 6.20. The predicted molar refractivity (Wildman–Crippen MR) is 69.7 cm³/mol. The van der Waals surface area contributed by atoms with E-state index in [4.69, 9.17) is 5.73 Å². The number of rotatable bonds is 4. The van der Waals surface area contributed by atoms with Crippen molar-refractivity contribution in [3.63, 3.8) is 0 Å². The minimum atomic E-state index is -0.233. The lowest BCUT2D eigenvalue weighted by Crippen LogP contribution is -2.41. The highest BCUT2D eigenvalue weighted by atomic mass is 32.2. The number of amides is 1. The van der Waals surface area contributed by atoms with Crippen molar-refractivity contribution in [3.05, 3.63) is 12.4 Å². The van der Waals surface area contributed by atoms with Crippen molar-refractivity contribution >= 4 is 23.4 Å². The van der Waals surface area contributed by atoms with Gasteiger partial charge in [0.15, 0.2) is 0 Å². The summed E-state index contributed by atoms with van der Waals surface area (Å²) in [6.07, 6.45) is 5.47. The molecule has 2 rings (SSSR count). The molecule has 3 N–H and O–H groups in total. The first-order valence-electron chi connectivity index (χ1n) is 5.80. The summed E-state index contributed by atoms with van der Waals surface area (Å²) in [6, 6.07) is 0. The van der Waals surface area contributed by atoms with E-state index in [1.54, 1.807) is 28.8 Å². The molecular formula is C11H18N4OS. The minimum Gasteiger partial charge on any atom is -0.396 e. The molecule has 0 spiro atoms. The molecule has 1 aromatic rings. The van der Waals surface area contributed by atoms with Crippen LogP contribution in [0.4, 0.5) is 5.69 Å². The number of nitrogens with zero attached hydrogens (tertiary/aromatic N) is 2. The highest BCUT2D eigenvalue weighted by Gasteiger charge is 2.36. The van der Waals surface area contributed by atoms with Crippen LogP contribution >= 0.6 is 11.8 Å². The first-order chi connectivity index (χ1) is 8.10. The number of aromatic nitrogens is 2. The first kappa shape index (κ1) is 12.3. The van der Waals surface area contributed by atoms with Crippen LogP contribution < -0.4 is 11.1 Å². The van der Waals surface area contributed by atoms with E-state index in [-0.39, 0.29) is 10.7 Å². The van der Waals surface area contributed by atoms with E-state index in [1.165, 1.54) is 0 Å². The number of thioether (sulfide) groups is 1. The molecule has 1 aliphatic rings. The number of nitrogens with two attached hydrogens (primary N) is 1. The number of anilines is 1. The van der Waals surface area contributed by atoms with E-state index in [0.717, 1.165) is 18.6 Å². The van der Waals surface area contributed by atoms with Crippen molar-refractivity contribution in [2.45, 2.75) is 31.1 Å². The number of carbonyl (C=O) groups excluding carboxylic acids is 1. The van der Waals surface area contributed by atoms with Gasteiger partial charge in [-0.05, 0) is 25.5 Å². The number of carbonyl (C=O) groups is 1. The molecule has 0 bridgehead atoms. The van der Waals surface area contributed by atoms with E-state index in [0.29, 0.717) is 18.8 Å². The molecule has 6 heteroatoms. The SMILES string of the molecule is CC1(C(=O)NCCn2cc(N)cn2)CCCS1. The Morgan fingerprint density at radius 3 is 3.18 bits per heavy atom. The van der Waals surface area contributed by atoms with Gasteiger partial charge in [0, 0.05) is 12.7 Å². The zero-order valence-corrected chi connectivity index (χ0v) is 10.8. The monoisotopic (exact) mass is 254 g/mol. The molecule has 1 amide bonds. The molecule has 1 atom stereocenters. The van der Waals surface area contributed by atoms with Crippen LogP contribution in [-0.4, -0.2) is 32.7 Å². The molecular weight excluding hydrogens is 236 g/mol. The lowest BCUT2D eigenvalue weighted by atomic mass is 10.1. The topological polar surface area (TPSA) is 72.9 Å². The summed E-state index contributed by atoms with van der Waals surface area (Å²) in [5, 5.41) is 7.02. The van der Waals surface area contributed by atoms with Crippen LogP contribution in [0, 0.1) is 0 Å². The van der Waals surface area contributed by atoms with E-state index < -0.39 is 0 Å². The Labute approximate surface area is 105 Å². The van der Waals surface area contributed by atoms with Gasteiger partial charge in [-0.3, -0.25) is 9.48 Å². The van der Waals surface area contributed by atoms with E-state index >= 15 is 0 Å². The number of hydrogen-bond donors (Lipinski definition) is 2. The van der Waals surface area contributed by atoms with Gasteiger partial charge in [-0.2, -0.15) is 5.10 Å². The second kappa shape index (κ2) is 5.00. The summed E-state index contributed by atoms with van der Waals surface area (Å²) < 4.78 is 1.50. The van der Waals surface area contributed by atoms with Crippen molar-refractivity contribution in [1.82, 2.24) is 15.1 Å². The fourth-order valence-corrected chi connectivity index (χ4v) is 3.16. The minimum absolute atomic E-state index is 0.139. The average molecular weight is 254 g/mol. The summed E-state index contributed by atoms with van der Waals surface area (Å²) in [6.45, 7) is 3.27. The third-order valence-electron chi connectivity index (χ3n) is 2.98.